The molecule has 24 heavy (non-hydrogen) atoms. The van der Waals surface area contributed by atoms with E-state index in [1.807, 2.05) is 6.07 Å². The number of benzene rings is 1. The van der Waals surface area contributed by atoms with Crippen molar-refractivity contribution < 1.29 is 18.7 Å². The molecule has 0 saturated heterocycles. The molecule has 2 aromatic rings. The van der Waals surface area contributed by atoms with Crippen molar-refractivity contribution in [3.63, 3.8) is 0 Å². The lowest BCUT2D eigenvalue weighted by Gasteiger charge is -2.18. The SMILES string of the molecule is N#CC(=CNc1ccc2c(c1)OCCO2)C(=O)NCc1ccco1. The minimum absolute atomic E-state index is 0.0450. The van der Waals surface area contributed by atoms with Gasteiger partial charge in [-0.05, 0) is 24.3 Å². The number of fused-ring (bicyclic) bond motifs is 1. The minimum Gasteiger partial charge on any atom is -0.486 e. The highest BCUT2D eigenvalue weighted by Gasteiger charge is 2.12. The lowest BCUT2D eigenvalue weighted by Crippen LogP contribution is -2.24. The molecule has 1 aliphatic heterocycles. The molecule has 1 aromatic carbocycles. The smallest absolute Gasteiger partial charge is 0.263 e. The summed E-state index contributed by atoms with van der Waals surface area (Å²) >= 11 is 0. The van der Waals surface area contributed by atoms with Gasteiger partial charge in [0.2, 0.25) is 0 Å². The Kier molecular flexibility index (Phi) is 4.68. The van der Waals surface area contributed by atoms with Gasteiger partial charge >= 0.3 is 0 Å². The zero-order valence-electron chi connectivity index (χ0n) is 12.7. The second kappa shape index (κ2) is 7.24. The summed E-state index contributed by atoms with van der Waals surface area (Å²) in [5, 5.41) is 14.7. The number of carbonyl (C=O) groups is 1. The second-order valence-electron chi connectivity index (χ2n) is 4.93. The van der Waals surface area contributed by atoms with E-state index in [1.165, 1.54) is 12.5 Å². The van der Waals surface area contributed by atoms with Crippen LogP contribution in [0.4, 0.5) is 5.69 Å². The van der Waals surface area contributed by atoms with Gasteiger partial charge in [0, 0.05) is 18.0 Å². The van der Waals surface area contributed by atoms with Crippen molar-refractivity contribution in [1.29, 1.82) is 5.26 Å². The Bertz CT molecular complexity index is 791. The zero-order chi connectivity index (χ0) is 16.8. The summed E-state index contributed by atoms with van der Waals surface area (Å²) in [7, 11) is 0. The average Bonchev–Trinajstić information content (AvgIpc) is 3.14. The van der Waals surface area contributed by atoms with E-state index in [0.717, 1.165) is 0 Å². The van der Waals surface area contributed by atoms with Crippen LogP contribution in [0.3, 0.4) is 0 Å². The van der Waals surface area contributed by atoms with Crippen molar-refractivity contribution in [3.8, 4) is 17.6 Å². The molecule has 122 valence electrons. The van der Waals surface area contributed by atoms with E-state index in [0.29, 0.717) is 36.2 Å². The molecule has 0 radical (unpaired) electrons. The van der Waals surface area contributed by atoms with Gasteiger partial charge in [0.25, 0.3) is 5.91 Å². The maximum absolute atomic E-state index is 12.0. The van der Waals surface area contributed by atoms with E-state index in [-0.39, 0.29) is 12.1 Å². The summed E-state index contributed by atoms with van der Waals surface area (Å²) in [4.78, 5) is 12.0. The predicted octanol–water partition coefficient (Wildman–Crippen LogP) is 2.19. The fourth-order valence-corrected chi connectivity index (χ4v) is 2.11. The first kappa shape index (κ1) is 15.5. The Hall–Kier alpha value is -3.40. The molecule has 0 spiro atoms. The fourth-order valence-electron chi connectivity index (χ4n) is 2.11. The highest BCUT2D eigenvalue weighted by Crippen LogP contribution is 2.32. The molecule has 3 rings (SSSR count). The molecule has 1 aliphatic rings. The number of nitrogens with one attached hydrogen (secondary N) is 2. The van der Waals surface area contributed by atoms with Crippen LogP contribution in [-0.2, 0) is 11.3 Å². The van der Waals surface area contributed by atoms with Crippen LogP contribution in [0.15, 0.2) is 52.8 Å². The van der Waals surface area contributed by atoms with Gasteiger partial charge in [-0.2, -0.15) is 5.26 Å². The standard InChI is InChI=1S/C17H15N3O4/c18-9-12(17(21)20-11-14-2-1-5-22-14)10-19-13-3-4-15-16(8-13)24-7-6-23-15/h1-5,8,10,19H,6-7,11H2,(H,20,21). The lowest BCUT2D eigenvalue weighted by atomic mass is 10.2. The maximum atomic E-state index is 12.0. The van der Waals surface area contributed by atoms with Gasteiger partial charge in [-0.15, -0.1) is 0 Å². The third-order valence-electron chi connectivity index (χ3n) is 3.29. The third-order valence-corrected chi connectivity index (χ3v) is 3.29. The van der Waals surface area contributed by atoms with Crippen molar-refractivity contribution >= 4 is 11.6 Å². The summed E-state index contributed by atoms with van der Waals surface area (Å²) in [6.45, 7) is 1.23. The molecule has 0 unspecified atom stereocenters. The first-order chi connectivity index (χ1) is 11.8. The molecule has 1 aromatic heterocycles. The van der Waals surface area contributed by atoms with Crippen LogP contribution in [0.5, 0.6) is 11.5 Å². The van der Waals surface area contributed by atoms with E-state index in [2.05, 4.69) is 10.6 Å². The van der Waals surface area contributed by atoms with E-state index >= 15 is 0 Å². The number of carbonyl (C=O) groups excluding carboxylic acids is 1. The van der Waals surface area contributed by atoms with Gasteiger partial charge in [0.1, 0.15) is 30.6 Å². The Morgan fingerprint density at radius 2 is 2.08 bits per heavy atom. The topological polar surface area (TPSA) is 96.5 Å². The number of ether oxygens (including phenoxy) is 2. The van der Waals surface area contributed by atoms with Crippen molar-refractivity contribution in [2.24, 2.45) is 0 Å². The molecule has 0 saturated carbocycles. The summed E-state index contributed by atoms with van der Waals surface area (Å²) in [5.74, 6) is 1.42. The number of furan rings is 1. The Labute approximate surface area is 138 Å². The predicted molar refractivity (Wildman–Crippen MR) is 85.3 cm³/mol. The van der Waals surface area contributed by atoms with Crippen LogP contribution in [0, 0.1) is 11.3 Å². The summed E-state index contributed by atoms with van der Waals surface area (Å²) in [6, 6.07) is 10.6. The number of anilines is 1. The number of nitriles is 1. The number of nitrogens with zero attached hydrogens (tertiary/aromatic N) is 1. The lowest BCUT2D eigenvalue weighted by molar-refractivity contribution is -0.117. The van der Waals surface area contributed by atoms with Crippen molar-refractivity contribution in [2.45, 2.75) is 6.54 Å². The van der Waals surface area contributed by atoms with E-state index < -0.39 is 5.91 Å². The van der Waals surface area contributed by atoms with Gasteiger partial charge in [0.15, 0.2) is 11.5 Å². The normalized spacial score (nSPS) is 13.0. The quantitative estimate of drug-likeness (QED) is 0.646. The Balaban J connectivity index is 1.63. The Morgan fingerprint density at radius 3 is 2.83 bits per heavy atom. The second-order valence-corrected chi connectivity index (χ2v) is 4.93. The maximum Gasteiger partial charge on any atom is 0.263 e. The fraction of sp³-hybridized carbons (Fsp3) is 0.176. The van der Waals surface area contributed by atoms with E-state index in [1.54, 1.807) is 30.3 Å². The van der Waals surface area contributed by atoms with Gasteiger partial charge in [-0.3, -0.25) is 4.79 Å². The zero-order valence-corrected chi connectivity index (χ0v) is 12.7. The first-order valence-electron chi connectivity index (χ1n) is 7.33. The molecule has 2 N–H and O–H groups in total. The monoisotopic (exact) mass is 325 g/mol. The van der Waals surface area contributed by atoms with E-state index in [4.69, 9.17) is 19.2 Å². The van der Waals surface area contributed by atoms with Crippen LogP contribution in [0.1, 0.15) is 5.76 Å². The van der Waals surface area contributed by atoms with Gasteiger partial charge < -0.3 is 24.5 Å². The van der Waals surface area contributed by atoms with Crippen LogP contribution in [0.25, 0.3) is 0 Å². The number of hydrogen-bond acceptors (Lipinski definition) is 6. The minimum atomic E-state index is -0.487. The molecule has 7 heteroatoms. The largest absolute Gasteiger partial charge is 0.486 e. The summed E-state index contributed by atoms with van der Waals surface area (Å²) in [5.41, 5.74) is 0.641. The molecule has 0 aliphatic carbocycles. The van der Waals surface area contributed by atoms with Crippen LogP contribution in [0.2, 0.25) is 0 Å². The highest BCUT2D eigenvalue weighted by atomic mass is 16.6. The summed E-state index contributed by atoms with van der Waals surface area (Å²) < 4.78 is 16.0. The molecular weight excluding hydrogens is 310 g/mol. The molecule has 2 heterocycles. The molecular formula is C17H15N3O4. The van der Waals surface area contributed by atoms with Gasteiger partial charge in [-0.1, -0.05) is 0 Å². The third kappa shape index (κ3) is 3.67. The number of amides is 1. The average molecular weight is 325 g/mol. The van der Waals surface area contributed by atoms with Gasteiger partial charge in [0.05, 0.1) is 12.8 Å². The molecule has 7 nitrogen and oxygen atoms in total. The molecule has 0 bridgehead atoms. The molecule has 0 atom stereocenters. The number of hydrogen-bond donors (Lipinski definition) is 2. The first-order valence-corrected chi connectivity index (χ1v) is 7.33. The van der Waals surface area contributed by atoms with Crippen molar-refractivity contribution in [1.82, 2.24) is 5.32 Å². The highest BCUT2D eigenvalue weighted by molar-refractivity contribution is 5.97. The van der Waals surface area contributed by atoms with Crippen molar-refractivity contribution in [2.75, 3.05) is 18.5 Å². The molecule has 0 fully saturated rings. The van der Waals surface area contributed by atoms with Crippen LogP contribution in [-0.4, -0.2) is 19.1 Å². The Morgan fingerprint density at radius 1 is 1.25 bits per heavy atom. The number of rotatable bonds is 5. The van der Waals surface area contributed by atoms with Crippen LogP contribution < -0.4 is 20.1 Å². The van der Waals surface area contributed by atoms with Gasteiger partial charge in [-0.25, -0.2) is 0 Å². The van der Waals surface area contributed by atoms with Crippen LogP contribution >= 0.6 is 0 Å². The molecule has 1 amide bonds. The van der Waals surface area contributed by atoms with Crippen molar-refractivity contribution in [3.05, 3.63) is 54.1 Å². The van der Waals surface area contributed by atoms with E-state index in [9.17, 15) is 4.79 Å². The summed E-state index contributed by atoms with van der Waals surface area (Å²) in [6.07, 6.45) is 2.87.